The van der Waals surface area contributed by atoms with Crippen LogP contribution in [-0.2, 0) is 20.1 Å². The van der Waals surface area contributed by atoms with Gasteiger partial charge in [0.05, 0.1) is 18.4 Å². The number of hydrogen-bond donors (Lipinski definition) is 1. The average Bonchev–Trinajstić information content (AvgIpc) is 3.04. The van der Waals surface area contributed by atoms with E-state index in [0.717, 1.165) is 26.1 Å². The Morgan fingerprint density at radius 3 is 2.82 bits per heavy atom. The van der Waals surface area contributed by atoms with Crippen LogP contribution < -0.4 is 11.0 Å². The Morgan fingerprint density at radius 1 is 1.43 bits per heavy atom. The van der Waals surface area contributed by atoms with Gasteiger partial charge in [0.25, 0.3) is 11.8 Å². The first-order valence-electron chi connectivity index (χ1n) is 8.50. The van der Waals surface area contributed by atoms with E-state index in [2.05, 4.69) is 20.5 Å². The minimum Gasteiger partial charge on any atom is -0.347 e. The molecule has 28 heavy (non-hydrogen) atoms. The lowest BCUT2D eigenvalue weighted by atomic mass is 10.3. The summed E-state index contributed by atoms with van der Waals surface area (Å²) in [5.41, 5.74) is 0.767. The summed E-state index contributed by atoms with van der Waals surface area (Å²) in [6.45, 7) is 1.84. The van der Waals surface area contributed by atoms with Crippen molar-refractivity contribution in [3.05, 3.63) is 45.3 Å². The first-order chi connectivity index (χ1) is 13.2. The second kappa shape index (κ2) is 6.62. The van der Waals surface area contributed by atoms with E-state index >= 15 is 0 Å². The second-order valence-electron chi connectivity index (χ2n) is 6.74. The van der Waals surface area contributed by atoms with Crippen LogP contribution in [0.4, 0.5) is 8.78 Å². The molecule has 3 aromatic heterocycles. The minimum absolute atomic E-state index is 0.137. The SMILES string of the molecule is Cc1nc(-n2cnn(CC3CC3(F)F)c2=O)sc1C(=O)NCc1cnn(C)c1. The molecule has 1 amide bonds. The Labute approximate surface area is 161 Å². The first kappa shape index (κ1) is 18.5. The zero-order valence-corrected chi connectivity index (χ0v) is 15.9. The Bertz CT molecular complexity index is 1100. The van der Waals surface area contributed by atoms with Gasteiger partial charge in [-0.05, 0) is 6.92 Å². The normalized spacial score (nSPS) is 17.6. The standard InChI is InChI=1S/C16H17F2N7O2S/c1-9-12(13(26)19-4-10-5-20-23(2)6-10)28-14(22-9)24-8-21-25(15(24)27)7-11-3-16(11,17)18/h5-6,8,11H,3-4,7H2,1-2H3,(H,19,26). The fourth-order valence-corrected chi connectivity index (χ4v) is 3.74. The number of halogens is 2. The van der Waals surface area contributed by atoms with Gasteiger partial charge in [-0.15, -0.1) is 0 Å². The van der Waals surface area contributed by atoms with Crippen molar-refractivity contribution in [2.24, 2.45) is 13.0 Å². The van der Waals surface area contributed by atoms with Crippen LogP contribution in [-0.4, -0.2) is 40.9 Å². The smallest absolute Gasteiger partial charge is 0.347 e. The Morgan fingerprint density at radius 2 is 2.18 bits per heavy atom. The molecule has 9 nitrogen and oxygen atoms in total. The molecule has 1 atom stereocenters. The highest BCUT2D eigenvalue weighted by atomic mass is 32.1. The molecule has 0 radical (unpaired) electrons. The number of nitrogens with one attached hydrogen (secondary N) is 1. The monoisotopic (exact) mass is 409 g/mol. The number of amides is 1. The fraction of sp³-hybridized carbons (Fsp3) is 0.438. The quantitative estimate of drug-likeness (QED) is 0.658. The van der Waals surface area contributed by atoms with E-state index in [-0.39, 0.29) is 24.0 Å². The number of hydrogen-bond acceptors (Lipinski definition) is 6. The molecule has 0 aromatic carbocycles. The van der Waals surface area contributed by atoms with E-state index in [1.165, 1.54) is 6.33 Å². The highest BCUT2D eigenvalue weighted by molar-refractivity contribution is 7.16. The van der Waals surface area contributed by atoms with E-state index in [9.17, 15) is 18.4 Å². The number of rotatable bonds is 6. The van der Waals surface area contributed by atoms with Crippen LogP contribution in [0.25, 0.3) is 5.13 Å². The minimum atomic E-state index is -2.72. The zero-order chi connectivity index (χ0) is 20.1. The summed E-state index contributed by atoms with van der Waals surface area (Å²) in [6.07, 6.45) is 4.45. The number of carbonyl (C=O) groups is 1. The van der Waals surface area contributed by atoms with Crippen molar-refractivity contribution in [3.8, 4) is 5.13 Å². The molecule has 4 rings (SSSR count). The van der Waals surface area contributed by atoms with Crippen LogP contribution in [0.15, 0.2) is 23.5 Å². The lowest BCUT2D eigenvalue weighted by Gasteiger charge is -2.01. The van der Waals surface area contributed by atoms with Gasteiger partial charge in [-0.3, -0.25) is 9.48 Å². The van der Waals surface area contributed by atoms with Crippen molar-refractivity contribution < 1.29 is 13.6 Å². The molecule has 1 fully saturated rings. The molecule has 3 aromatic rings. The molecule has 148 valence electrons. The number of carbonyl (C=O) groups excluding carboxylic acids is 1. The molecule has 0 saturated heterocycles. The highest BCUT2D eigenvalue weighted by Gasteiger charge is 2.57. The lowest BCUT2D eigenvalue weighted by Crippen LogP contribution is -2.25. The Balaban J connectivity index is 1.49. The molecule has 0 bridgehead atoms. The molecular weight excluding hydrogens is 392 g/mol. The van der Waals surface area contributed by atoms with Gasteiger partial charge in [0, 0.05) is 37.7 Å². The average molecular weight is 409 g/mol. The third-order valence-electron chi connectivity index (χ3n) is 4.49. The molecule has 1 aliphatic carbocycles. The topological polar surface area (TPSA) is 99.6 Å². The van der Waals surface area contributed by atoms with Crippen molar-refractivity contribution in [1.29, 1.82) is 0 Å². The van der Waals surface area contributed by atoms with Gasteiger partial charge in [-0.2, -0.15) is 10.2 Å². The van der Waals surface area contributed by atoms with Gasteiger partial charge in [0.15, 0.2) is 5.13 Å². The molecule has 1 N–H and O–H groups in total. The van der Waals surface area contributed by atoms with Gasteiger partial charge >= 0.3 is 5.69 Å². The van der Waals surface area contributed by atoms with Crippen molar-refractivity contribution in [2.45, 2.75) is 32.4 Å². The van der Waals surface area contributed by atoms with E-state index in [4.69, 9.17) is 0 Å². The van der Waals surface area contributed by atoms with Gasteiger partial charge in [-0.1, -0.05) is 11.3 Å². The molecule has 0 spiro atoms. The summed E-state index contributed by atoms with van der Waals surface area (Å²) < 4.78 is 30.0. The summed E-state index contributed by atoms with van der Waals surface area (Å²) >= 11 is 1.04. The predicted molar refractivity (Wildman–Crippen MR) is 95.7 cm³/mol. The van der Waals surface area contributed by atoms with E-state index < -0.39 is 17.5 Å². The predicted octanol–water partition coefficient (Wildman–Crippen LogP) is 1.12. The molecule has 12 heteroatoms. The number of aryl methyl sites for hydroxylation is 2. The molecular formula is C16H17F2N7O2S. The Hall–Kier alpha value is -2.89. The van der Waals surface area contributed by atoms with Gasteiger partial charge in [0.1, 0.15) is 11.2 Å². The molecule has 1 saturated carbocycles. The van der Waals surface area contributed by atoms with Gasteiger partial charge in [0.2, 0.25) is 0 Å². The van der Waals surface area contributed by atoms with Crippen LogP contribution in [0.5, 0.6) is 0 Å². The van der Waals surface area contributed by atoms with E-state index in [1.54, 1.807) is 31.0 Å². The van der Waals surface area contributed by atoms with Crippen LogP contribution in [0.3, 0.4) is 0 Å². The summed E-state index contributed by atoms with van der Waals surface area (Å²) in [5.74, 6) is -3.90. The summed E-state index contributed by atoms with van der Waals surface area (Å²) in [6, 6.07) is 0. The number of thiazole rings is 1. The maximum absolute atomic E-state index is 13.1. The van der Waals surface area contributed by atoms with Crippen molar-refractivity contribution in [2.75, 3.05) is 0 Å². The fourth-order valence-electron chi connectivity index (χ4n) is 2.79. The zero-order valence-electron chi connectivity index (χ0n) is 15.1. The van der Waals surface area contributed by atoms with Gasteiger partial charge < -0.3 is 5.32 Å². The largest absolute Gasteiger partial charge is 0.352 e. The van der Waals surface area contributed by atoms with Crippen LogP contribution in [0, 0.1) is 12.8 Å². The number of nitrogens with zero attached hydrogens (tertiary/aromatic N) is 6. The van der Waals surface area contributed by atoms with Crippen LogP contribution in [0.1, 0.15) is 27.3 Å². The maximum Gasteiger partial charge on any atom is 0.352 e. The third-order valence-corrected chi connectivity index (χ3v) is 5.65. The number of aromatic nitrogens is 6. The van der Waals surface area contributed by atoms with Crippen molar-refractivity contribution in [3.63, 3.8) is 0 Å². The molecule has 3 heterocycles. The Kier molecular flexibility index (Phi) is 4.37. The maximum atomic E-state index is 13.1. The van der Waals surface area contributed by atoms with Crippen molar-refractivity contribution in [1.82, 2.24) is 34.4 Å². The van der Waals surface area contributed by atoms with Crippen LogP contribution in [0.2, 0.25) is 0 Å². The van der Waals surface area contributed by atoms with E-state index in [0.29, 0.717) is 17.1 Å². The molecule has 0 aliphatic heterocycles. The summed E-state index contributed by atoms with van der Waals surface area (Å²) in [4.78, 5) is 29.5. The third kappa shape index (κ3) is 3.46. The summed E-state index contributed by atoms with van der Waals surface area (Å²) in [7, 11) is 1.78. The second-order valence-corrected chi connectivity index (χ2v) is 7.72. The molecule has 1 unspecified atom stereocenters. The van der Waals surface area contributed by atoms with Crippen molar-refractivity contribution >= 4 is 17.2 Å². The first-order valence-corrected chi connectivity index (χ1v) is 9.32. The number of alkyl halides is 2. The summed E-state index contributed by atoms with van der Waals surface area (Å²) in [5, 5.41) is 11.0. The molecule has 1 aliphatic rings. The lowest BCUT2D eigenvalue weighted by molar-refractivity contribution is 0.0936. The van der Waals surface area contributed by atoms with Gasteiger partial charge in [-0.25, -0.2) is 27.8 Å². The van der Waals surface area contributed by atoms with E-state index in [1.807, 2.05) is 0 Å². The highest BCUT2D eigenvalue weighted by Crippen LogP contribution is 2.49. The van der Waals surface area contributed by atoms with Crippen LogP contribution >= 0.6 is 11.3 Å².